The number of alkyl halides is 2. The molecule has 1 N–H and O–H groups in total. The molecule has 0 saturated carbocycles. The fourth-order valence-corrected chi connectivity index (χ4v) is 2.38. The van der Waals surface area contributed by atoms with E-state index in [1.54, 1.807) is 37.3 Å². The number of carbonyl (C=O) groups excluding carboxylic acids is 1. The van der Waals surface area contributed by atoms with Crippen molar-refractivity contribution in [3.05, 3.63) is 63.6 Å². The monoisotopic (exact) mass is 359 g/mol. The number of ether oxygens (including phenoxy) is 1. The van der Waals surface area contributed by atoms with Crippen molar-refractivity contribution in [2.45, 2.75) is 19.6 Å². The summed E-state index contributed by atoms with van der Waals surface area (Å²) in [6.07, 6.45) is 0. The molecule has 0 spiro atoms. The van der Waals surface area contributed by atoms with E-state index in [1.807, 2.05) is 0 Å². The molecule has 0 aromatic heterocycles. The third kappa shape index (κ3) is 4.56. The van der Waals surface area contributed by atoms with Crippen LogP contribution in [0.15, 0.2) is 42.5 Å². The van der Waals surface area contributed by atoms with E-state index in [2.05, 4.69) is 10.1 Å². The highest BCUT2D eigenvalue weighted by atomic mass is 35.5. The maximum Gasteiger partial charge on any atom is 0.387 e. The molecular weight excluding hydrogens is 347 g/mol. The molecule has 0 aliphatic carbocycles. The Morgan fingerprint density at radius 2 is 1.87 bits per heavy atom. The lowest BCUT2D eigenvalue weighted by atomic mass is 10.1. The average Bonchev–Trinajstić information content (AvgIpc) is 2.49. The average molecular weight is 360 g/mol. The van der Waals surface area contributed by atoms with Gasteiger partial charge in [-0.05, 0) is 36.8 Å². The van der Waals surface area contributed by atoms with Gasteiger partial charge in [0.25, 0.3) is 5.91 Å². The molecule has 0 bridgehead atoms. The number of benzene rings is 2. The van der Waals surface area contributed by atoms with Gasteiger partial charge in [0, 0.05) is 0 Å². The zero-order chi connectivity index (χ0) is 17.0. The summed E-state index contributed by atoms with van der Waals surface area (Å²) >= 11 is 11.9. The Kier molecular flexibility index (Phi) is 5.80. The van der Waals surface area contributed by atoms with Crippen LogP contribution in [-0.2, 0) is 0 Å². The number of hydrogen-bond acceptors (Lipinski definition) is 2. The Hall–Kier alpha value is -1.85. The molecule has 122 valence electrons. The fraction of sp³-hybridized carbons (Fsp3) is 0.188. The van der Waals surface area contributed by atoms with Crippen molar-refractivity contribution in [3.63, 3.8) is 0 Å². The minimum Gasteiger partial charge on any atom is -0.435 e. The summed E-state index contributed by atoms with van der Waals surface area (Å²) in [4.78, 5) is 12.3. The first-order chi connectivity index (χ1) is 10.9. The molecule has 7 heteroatoms. The molecule has 0 aliphatic rings. The van der Waals surface area contributed by atoms with E-state index in [0.717, 1.165) is 0 Å². The van der Waals surface area contributed by atoms with Gasteiger partial charge in [-0.25, -0.2) is 0 Å². The van der Waals surface area contributed by atoms with Crippen molar-refractivity contribution in [2.75, 3.05) is 0 Å². The van der Waals surface area contributed by atoms with E-state index in [4.69, 9.17) is 23.2 Å². The van der Waals surface area contributed by atoms with Gasteiger partial charge in [-0.3, -0.25) is 4.79 Å². The van der Waals surface area contributed by atoms with Crippen molar-refractivity contribution in [1.82, 2.24) is 5.32 Å². The predicted molar refractivity (Wildman–Crippen MR) is 85.4 cm³/mol. The Morgan fingerprint density at radius 1 is 1.17 bits per heavy atom. The largest absolute Gasteiger partial charge is 0.435 e. The smallest absolute Gasteiger partial charge is 0.387 e. The molecule has 2 rings (SSSR count). The number of nitrogens with one attached hydrogen (secondary N) is 1. The number of hydrogen-bond donors (Lipinski definition) is 1. The first-order valence-electron chi connectivity index (χ1n) is 6.68. The SMILES string of the molecule is C[C@H](NC(=O)c1cccc(Cl)c1Cl)c1cccc(OC(F)F)c1. The molecular formula is C16H13Cl2F2NO2. The highest BCUT2D eigenvalue weighted by molar-refractivity contribution is 6.43. The van der Waals surface area contributed by atoms with Crippen LogP contribution in [0.2, 0.25) is 10.0 Å². The van der Waals surface area contributed by atoms with Crippen LogP contribution in [0.4, 0.5) is 8.78 Å². The lowest BCUT2D eigenvalue weighted by molar-refractivity contribution is -0.0499. The van der Waals surface area contributed by atoms with Crippen molar-refractivity contribution >= 4 is 29.1 Å². The minimum atomic E-state index is -2.90. The number of amides is 1. The van der Waals surface area contributed by atoms with Gasteiger partial charge in [0.05, 0.1) is 21.7 Å². The third-order valence-electron chi connectivity index (χ3n) is 3.13. The van der Waals surface area contributed by atoms with Crippen LogP contribution >= 0.6 is 23.2 Å². The van der Waals surface area contributed by atoms with E-state index < -0.39 is 18.6 Å². The van der Waals surface area contributed by atoms with Crippen LogP contribution in [0.3, 0.4) is 0 Å². The summed E-state index contributed by atoms with van der Waals surface area (Å²) in [5, 5.41) is 3.17. The molecule has 0 fully saturated rings. The molecule has 23 heavy (non-hydrogen) atoms. The van der Waals surface area contributed by atoms with Gasteiger partial charge in [-0.1, -0.05) is 41.4 Å². The summed E-state index contributed by atoms with van der Waals surface area (Å²) in [6, 6.07) is 10.4. The lowest BCUT2D eigenvalue weighted by Crippen LogP contribution is -2.27. The number of carbonyl (C=O) groups is 1. The fourth-order valence-electron chi connectivity index (χ4n) is 2.00. The summed E-state index contributed by atoms with van der Waals surface area (Å²) < 4.78 is 28.8. The quantitative estimate of drug-likeness (QED) is 0.807. The Labute approximate surface area is 142 Å². The Morgan fingerprint density at radius 3 is 2.57 bits per heavy atom. The van der Waals surface area contributed by atoms with E-state index in [0.29, 0.717) is 5.56 Å². The van der Waals surface area contributed by atoms with Crippen molar-refractivity contribution < 1.29 is 18.3 Å². The molecule has 0 radical (unpaired) electrons. The van der Waals surface area contributed by atoms with Crippen molar-refractivity contribution in [2.24, 2.45) is 0 Å². The topological polar surface area (TPSA) is 38.3 Å². The Bertz CT molecular complexity index is 710. The second kappa shape index (κ2) is 7.62. The molecule has 2 aromatic rings. The summed E-state index contributed by atoms with van der Waals surface area (Å²) in [7, 11) is 0. The maximum atomic E-state index is 12.3. The van der Waals surface area contributed by atoms with Gasteiger partial charge in [0.2, 0.25) is 0 Å². The molecule has 1 amide bonds. The van der Waals surface area contributed by atoms with Crippen LogP contribution in [0, 0.1) is 0 Å². The zero-order valence-corrected chi connectivity index (χ0v) is 13.5. The molecule has 1 atom stereocenters. The molecule has 0 heterocycles. The van der Waals surface area contributed by atoms with Gasteiger partial charge in [0.1, 0.15) is 5.75 Å². The summed E-state index contributed by atoms with van der Waals surface area (Å²) in [5.41, 5.74) is 0.862. The second-order valence-electron chi connectivity index (χ2n) is 4.75. The van der Waals surface area contributed by atoms with Crippen LogP contribution in [0.5, 0.6) is 5.75 Å². The van der Waals surface area contributed by atoms with E-state index in [-0.39, 0.29) is 21.4 Å². The number of halogens is 4. The van der Waals surface area contributed by atoms with Gasteiger partial charge >= 0.3 is 6.61 Å². The number of rotatable bonds is 5. The van der Waals surface area contributed by atoms with E-state index in [9.17, 15) is 13.6 Å². The minimum absolute atomic E-state index is 0.0272. The second-order valence-corrected chi connectivity index (χ2v) is 5.53. The van der Waals surface area contributed by atoms with E-state index in [1.165, 1.54) is 12.1 Å². The highest BCUT2D eigenvalue weighted by Gasteiger charge is 2.16. The first kappa shape index (κ1) is 17.5. The molecule has 2 aromatic carbocycles. The van der Waals surface area contributed by atoms with Gasteiger partial charge < -0.3 is 10.1 Å². The van der Waals surface area contributed by atoms with Crippen LogP contribution in [0.25, 0.3) is 0 Å². The predicted octanol–water partition coefficient (Wildman–Crippen LogP) is 5.09. The van der Waals surface area contributed by atoms with Crippen molar-refractivity contribution in [3.8, 4) is 5.75 Å². The van der Waals surface area contributed by atoms with Gasteiger partial charge in [-0.15, -0.1) is 0 Å². The normalized spacial score (nSPS) is 12.1. The molecule has 3 nitrogen and oxygen atoms in total. The summed E-state index contributed by atoms with van der Waals surface area (Å²) in [6.45, 7) is -1.18. The molecule has 0 aliphatic heterocycles. The van der Waals surface area contributed by atoms with Gasteiger partial charge in [-0.2, -0.15) is 8.78 Å². The first-order valence-corrected chi connectivity index (χ1v) is 7.43. The van der Waals surface area contributed by atoms with Crippen LogP contribution in [0.1, 0.15) is 28.9 Å². The Balaban J connectivity index is 2.14. The molecule has 0 unspecified atom stereocenters. The van der Waals surface area contributed by atoms with E-state index >= 15 is 0 Å². The van der Waals surface area contributed by atoms with Gasteiger partial charge in [0.15, 0.2) is 0 Å². The third-order valence-corrected chi connectivity index (χ3v) is 3.95. The lowest BCUT2D eigenvalue weighted by Gasteiger charge is -2.16. The maximum absolute atomic E-state index is 12.3. The molecule has 0 saturated heterocycles. The zero-order valence-electron chi connectivity index (χ0n) is 12.0. The van der Waals surface area contributed by atoms with Crippen molar-refractivity contribution in [1.29, 1.82) is 0 Å². The standard InChI is InChI=1S/C16H13Cl2F2NO2/c1-9(10-4-2-5-11(8-10)23-16(19)20)21-15(22)12-6-3-7-13(17)14(12)18/h2-9,16H,1H3,(H,21,22)/t9-/m0/s1. The highest BCUT2D eigenvalue weighted by Crippen LogP contribution is 2.26. The van der Waals surface area contributed by atoms with Crippen LogP contribution in [-0.4, -0.2) is 12.5 Å². The summed E-state index contributed by atoms with van der Waals surface area (Å²) in [5.74, 6) is -0.385. The van der Waals surface area contributed by atoms with Crippen LogP contribution < -0.4 is 10.1 Å².